The summed E-state index contributed by atoms with van der Waals surface area (Å²) in [5.74, 6) is 0.537. The molecule has 8 nitrogen and oxygen atoms in total. The molecule has 0 saturated heterocycles. The number of hydrogen-bond donors (Lipinski definition) is 1. The van der Waals surface area contributed by atoms with Crippen LogP contribution in [-0.4, -0.2) is 36.0 Å². The highest BCUT2D eigenvalue weighted by Gasteiger charge is 2.13. The largest absolute Gasteiger partial charge is 0.309 e. The average Bonchev–Trinajstić information content (AvgIpc) is 3.11. The van der Waals surface area contributed by atoms with E-state index in [4.69, 9.17) is 11.6 Å². The van der Waals surface area contributed by atoms with Crippen molar-refractivity contribution in [2.75, 3.05) is 6.54 Å². The number of hydrogen-bond acceptors (Lipinski definition) is 7. The molecule has 1 N–H and O–H groups in total. The summed E-state index contributed by atoms with van der Waals surface area (Å²) in [7, 11) is 0. The molecule has 29 heavy (non-hydrogen) atoms. The lowest BCUT2D eigenvalue weighted by molar-refractivity contribution is 0.261. The number of H-pyrrole nitrogens is 1. The van der Waals surface area contributed by atoms with Crippen molar-refractivity contribution < 1.29 is 0 Å². The van der Waals surface area contributed by atoms with Gasteiger partial charge in [0, 0.05) is 17.6 Å². The Bertz CT molecular complexity index is 1310. The number of aromatic nitrogens is 5. The van der Waals surface area contributed by atoms with E-state index in [1.165, 1.54) is 21.9 Å². The summed E-state index contributed by atoms with van der Waals surface area (Å²) in [5.41, 5.74) is 0.826. The Morgan fingerprint density at radius 2 is 2.00 bits per heavy atom. The molecule has 0 aliphatic heterocycles. The van der Waals surface area contributed by atoms with Gasteiger partial charge in [0.05, 0.1) is 23.1 Å². The molecule has 0 unspecified atom stereocenters. The number of nitrogens with one attached hydrogen (secondary N) is 1. The van der Waals surface area contributed by atoms with Crippen molar-refractivity contribution in [3.8, 4) is 0 Å². The maximum Gasteiger partial charge on any atom is 0.275 e. The van der Waals surface area contributed by atoms with Crippen LogP contribution >= 0.6 is 22.9 Å². The Hall–Kier alpha value is -2.62. The first-order chi connectivity index (χ1) is 14.0. The van der Waals surface area contributed by atoms with Crippen LogP contribution in [0.5, 0.6) is 0 Å². The van der Waals surface area contributed by atoms with Gasteiger partial charge in [0.2, 0.25) is 4.96 Å². The summed E-state index contributed by atoms with van der Waals surface area (Å²) in [6.07, 6.45) is 0.759. The number of benzene rings is 1. The van der Waals surface area contributed by atoms with Gasteiger partial charge < -0.3 is 4.98 Å². The van der Waals surface area contributed by atoms with Crippen molar-refractivity contribution in [2.45, 2.75) is 33.4 Å². The van der Waals surface area contributed by atoms with Crippen molar-refractivity contribution in [1.82, 2.24) is 29.5 Å². The molecule has 0 amide bonds. The number of fused-ring (bicyclic) bond motifs is 2. The van der Waals surface area contributed by atoms with Gasteiger partial charge in [0.25, 0.3) is 11.1 Å². The Kier molecular flexibility index (Phi) is 5.44. The minimum atomic E-state index is -0.202. The predicted molar refractivity (Wildman–Crippen MR) is 114 cm³/mol. The average molecular weight is 431 g/mol. The summed E-state index contributed by atoms with van der Waals surface area (Å²) in [4.78, 5) is 39.3. The van der Waals surface area contributed by atoms with Crippen LogP contribution in [0.15, 0.2) is 33.9 Å². The van der Waals surface area contributed by atoms with E-state index >= 15 is 0 Å². The number of aromatic amines is 1. The fourth-order valence-corrected chi connectivity index (χ4v) is 4.10. The van der Waals surface area contributed by atoms with E-state index < -0.39 is 0 Å². The fraction of sp³-hybridized carbons (Fsp3) is 0.316. The van der Waals surface area contributed by atoms with Crippen LogP contribution < -0.4 is 11.1 Å². The molecule has 0 saturated carbocycles. The SMILES string of the molecule is CCc1nn2c(=O)cc(CN(CC)Cc3nc4cc(Cl)ccc4c(=O)[nH]3)nc2s1. The molecule has 0 spiro atoms. The zero-order valence-electron chi connectivity index (χ0n) is 16.0. The van der Waals surface area contributed by atoms with Crippen molar-refractivity contribution in [3.63, 3.8) is 0 Å². The van der Waals surface area contributed by atoms with E-state index in [0.29, 0.717) is 52.0 Å². The minimum Gasteiger partial charge on any atom is -0.309 e. The van der Waals surface area contributed by atoms with Gasteiger partial charge in [-0.2, -0.15) is 9.61 Å². The molecule has 4 rings (SSSR count). The summed E-state index contributed by atoms with van der Waals surface area (Å²) in [5, 5.41) is 6.17. The number of halogens is 1. The second-order valence-corrected chi connectivity index (χ2v) is 8.08. The predicted octanol–water partition coefficient (Wildman–Crippen LogP) is 2.63. The monoisotopic (exact) mass is 430 g/mol. The smallest absolute Gasteiger partial charge is 0.275 e. The van der Waals surface area contributed by atoms with Crippen molar-refractivity contribution >= 4 is 38.8 Å². The quantitative estimate of drug-likeness (QED) is 0.505. The summed E-state index contributed by atoms with van der Waals surface area (Å²) in [6.45, 7) is 5.56. The van der Waals surface area contributed by atoms with Gasteiger partial charge in [-0.05, 0) is 31.2 Å². The van der Waals surface area contributed by atoms with E-state index in [9.17, 15) is 9.59 Å². The molecule has 0 bridgehead atoms. The highest BCUT2D eigenvalue weighted by atomic mass is 35.5. The standard InChI is InChI=1S/C19H19ClN6O2S/c1-3-16-24-26-17(27)8-12(21-19(26)29-16)9-25(4-2)10-15-22-14-7-11(20)5-6-13(14)18(28)23-15/h5-8H,3-4,9-10H2,1-2H3,(H,22,23,28). The maximum atomic E-state index is 12.4. The van der Waals surface area contributed by atoms with Crippen LogP contribution in [-0.2, 0) is 19.5 Å². The minimum absolute atomic E-state index is 0.191. The molecular weight excluding hydrogens is 412 g/mol. The van der Waals surface area contributed by atoms with Gasteiger partial charge in [-0.1, -0.05) is 36.8 Å². The lowest BCUT2D eigenvalue weighted by Crippen LogP contribution is -2.27. The zero-order valence-corrected chi connectivity index (χ0v) is 17.5. The molecule has 0 atom stereocenters. The van der Waals surface area contributed by atoms with Crippen LogP contribution in [0.1, 0.15) is 30.4 Å². The van der Waals surface area contributed by atoms with E-state index in [1.807, 2.05) is 13.8 Å². The molecule has 0 radical (unpaired) electrons. The lowest BCUT2D eigenvalue weighted by Gasteiger charge is -2.19. The maximum absolute atomic E-state index is 12.4. The molecule has 3 heterocycles. The second kappa shape index (κ2) is 8.02. The first-order valence-electron chi connectivity index (χ1n) is 9.26. The molecule has 10 heteroatoms. The molecule has 3 aromatic heterocycles. The van der Waals surface area contributed by atoms with Crippen LogP contribution in [0, 0.1) is 0 Å². The molecule has 0 aliphatic rings. The van der Waals surface area contributed by atoms with E-state index in [0.717, 1.165) is 11.4 Å². The van der Waals surface area contributed by atoms with Crippen molar-refractivity contribution in [1.29, 1.82) is 0 Å². The van der Waals surface area contributed by atoms with Gasteiger partial charge in [-0.3, -0.25) is 14.5 Å². The first kappa shape index (κ1) is 19.7. The first-order valence-corrected chi connectivity index (χ1v) is 10.5. The fourth-order valence-electron chi connectivity index (χ4n) is 3.08. The Morgan fingerprint density at radius 3 is 2.76 bits per heavy atom. The van der Waals surface area contributed by atoms with Gasteiger partial charge in [-0.25, -0.2) is 9.97 Å². The topological polar surface area (TPSA) is 96.3 Å². The van der Waals surface area contributed by atoms with Crippen LogP contribution in [0.3, 0.4) is 0 Å². The van der Waals surface area contributed by atoms with Crippen molar-refractivity contribution in [2.24, 2.45) is 0 Å². The molecule has 0 fully saturated rings. The van der Waals surface area contributed by atoms with Crippen LogP contribution in [0.2, 0.25) is 5.02 Å². The molecule has 0 aliphatic carbocycles. The second-order valence-electron chi connectivity index (χ2n) is 6.61. The Balaban J connectivity index is 1.61. The Morgan fingerprint density at radius 1 is 1.17 bits per heavy atom. The van der Waals surface area contributed by atoms with Gasteiger partial charge in [0.1, 0.15) is 10.8 Å². The van der Waals surface area contributed by atoms with E-state index in [1.54, 1.807) is 18.2 Å². The van der Waals surface area contributed by atoms with E-state index in [2.05, 4.69) is 25.0 Å². The van der Waals surface area contributed by atoms with Gasteiger partial charge >= 0.3 is 0 Å². The lowest BCUT2D eigenvalue weighted by atomic mass is 10.2. The zero-order chi connectivity index (χ0) is 20.5. The van der Waals surface area contributed by atoms with E-state index in [-0.39, 0.29) is 11.1 Å². The number of nitrogens with zero attached hydrogens (tertiary/aromatic N) is 5. The summed E-state index contributed by atoms with van der Waals surface area (Å²) < 4.78 is 1.34. The van der Waals surface area contributed by atoms with Crippen molar-refractivity contribution in [3.05, 3.63) is 66.5 Å². The molecule has 150 valence electrons. The van der Waals surface area contributed by atoms with Gasteiger partial charge in [0.15, 0.2) is 0 Å². The van der Waals surface area contributed by atoms with Crippen LogP contribution in [0.25, 0.3) is 15.9 Å². The third-order valence-electron chi connectivity index (χ3n) is 4.57. The third-order valence-corrected chi connectivity index (χ3v) is 5.85. The van der Waals surface area contributed by atoms with Crippen LogP contribution in [0.4, 0.5) is 0 Å². The molecular formula is C19H19ClN6O2S. The third kappa shape index (κ3) is 4.07. The summed E-state index contributed by atoms with van der Waals surface area (Å²) in [6, 6.07) is 6.52. The Labute approximate surface area is 174 Å². The molecule has 4 aromatic rings. The number of rotatable bonds is 6. The molecule has 1 aromatic carbocycles. The highest BCUT2D eigenvalue weighted by molar-refractivity contribution is 7.16. The summed E-state index contributed by atoms with van der Waals surface area (Å²) >= 11 is 7.45. The number of aryl methyl sites for hydroxylation is 1. The normalized spacial score (nSPS) is 11.7. The van der Waals surface area contributed by atoms with Gasteiger partial charge in [-0.15, -0.1) is 0 Å². The highest BCUT2D eigenvalue weighted by Crippen LogP contribution is 2.16.